The van der Waals surface area contributed by atoms with Crippen molar-refractivity contribution in [2.24, 2.45) is 11.8 Å². The van der Waals surface area contributed by atoms with Crippen molar-refractivity contribution in [2.45, 2.75) is 44.6 Å². The number of amides is 1. The van der Waals surface area contributed by atoms with Gasteiger partial charge in [-0.05, 0) is 25.2 Å². The summed E-state index contributed by atoms with van der Waals surface area (Å²) in [5.74, 6) is 0.471. The van der Waals surface area contributed by atoms with Crippen molar-refractivity contribution in [3.63, 3.8) is 0 Å². The minimum absolute atomic E-state index is 0.0862. The van der Waals surface area contributed by atoms with Gasteiger partial charge in [0.1, 0.15) is 0 Å². The minimum Gasteiger partial charge on any atom is -0.393 e. The molecule has 3 unspecified atom stereocenters. The monoisotopic (exact) mass is 197 g/mol. The standard InChI is InChI=1S/C11H19NO2/c13-10-5-3-1-2-4-8(10)9-6-7-12-11(9)14/h8-10,13H,1-7H2,(H,12,14). The SMILES string of the molecule is O=C1NCCC1C1CCCCCC1O. The molecule has 1 heterocycles. The third-order valence-electron chi connectivity index (χ3n) is 3.64. The number of hydrogen-bond donors (Lipinski definition) is 2. The zero-order chi connectivity index (χ0) is 9.97. The second kappa shape index (κ2) is 4.30. The predicted octanol–water partition coefficient (Wildman–Crippen LogP) is 1.06. The van der Waals surface area contributed by atoms with Crippen LogP contribution in [0.4, 0.5) is 0 Å². The lowest BCUT2D eigenvalue weighted by molar-refractivity contribution is -0.125. The molecule has 0 aromatic rings. The second-order valence-corrected chi connectivity index (χ2v) is 4.56. The molecule has 80 valence electrons. The molecule has 2 fully saturated rings. The van der Waals surface area contributed by atoms with Gasteiger partial charge in [0.05, 0.1) is 6.10 Å². The molecule has 0 spiro atoms. The topological polar surface area (TPSA) is 49.3 Å². The average Bonchev–Trinajstić information content (AvgIpc) is 2.46. The van der Waals surface area contributed by atoms with Gasteiger partial charge >= 0.3 is 0 Å². The number of aliphatic hydroxyl groups excluding tert-OH is 1. The van der Waals surface area contributed by atoms with E-state index in [-0.39, 0.29) is 23.8 Å². The summed E-state index contributed by atoms with van der Waals surface area (Å²) in [5, 5.41) is 12.8. The van der Waals surface area contributed by atoms with E-state index in [4.69, 9.17) is 0 Å². The highest BCUT2D eigenvalue weighted by molar-refractivity contribution is 5.80. The van der Waals surface area contributed by atoms with Crippen molar-refractivity contribution in [3.05, 3.63) is 0 Å². The Labute approximate surface area is 84.9 Å². The quantitative estimate of drug-likeness (QED) is 0.618. The Balaban J connectivity index is 2.02. The lowest BCUT2D eigenvalue weighted by Gasteiger charge is -2.24. The van der Waals surface area contributed by atoms with Crippen molar-refractivity contribution < 1.29 is 9.90 Å². The summed E-state index contributed by atoms with van der Waals surface area (Å²) in [4.78, 5) is 11.5. The number of rotatable bonds is 1. The normalized spacial score (nSPS) is 39.2. The van der Waals surface area contributed by atoms with E-state index >= 15 is 0 Å². The van der Waals surface area contributed by atoms with Gasteiger partial charge in [-0.3, -0.25) is 4.79 Å². The molecule has 2 rings (SSSR count). The smallest absolute Gasteiger partial charge is 0.223 e. The number of carbonyl (C=O) groups excluding carboxylic acids is 1. The van der Waals surface area contributed by atoms with Crippen LogP contribution >= 0.6 is 0 Å². The predicted molar refractivity (Wildman–Crippen MR) is 53.7 cm³/mol. The zero-order valence-corrected chi connectivity index (χ0v) is 8.54. The molecule has 1 saturated heterocycles. The van der Waals surface area contributed by atoms with Gasteiger partial charge in [-0.2, -0.15) is 0 Å². The van der Waals surface area contributed by atoms with Gasteiger partial charge in [0.2, 0.25) is 5.91 Å². The van der Waals surface area contributed by atoms with Crippen LogP contribution in [0.15, 0.2) is 0 Å². The van der Waals surface area contributed by atoms with Gasteiger partial charge in [-0.25, -0.2) is 0 Å². The highest BCUT2D eigenvalue weighted by atomic mass is 16.3. The lowest BCUT2D eigenvalue weighted by Crippen LogP contribution is -2.32. The van der Waals surface area contributed by atoms with E-state index in [0.29, 0.717) is 0 Å². The van der Waals surface area contributed by atoms with Crippen LogP contribution in [0.25, 0.3) is 0 Å². The van der Waals surface area contributed by atoms with Crippen molar-refractivity contribution in [3.8, 4) is 0 Å². The summed E-state index contributed by atoms with van der Waals surface area (Å²) >= 11 is 0. The van der Waals surface area contributed by atoms with Gasteiger partial charge in [0.25, 0.3) is 0 Å². The molecule has 3 nitrogen and oxygen atoms in total. The highest BCUT2D eigenvalue weighted by Gasteiger charge is 2.36. The Hall–Kier alpha value is -0.570. The van der Waals surface area contributed by atoms with E-state index in [1.165, 1.54) is 12.8 Å². The molecule has 1 saturated carbocycles. The average molecular weight is 197 g/mol. The Morgan fingerprint density at radius 3 is 2.64 bits per heavy atom. The van der Waals surface area contributed by atoms with Gasteiger partial charge in [0, 0.05) is 12.5 Å². The molecular weight excluding hydrogens is 178 g/mol. The van der Waals surface area contributed by atoms with Crippen molar-refractivity contribution in [1.29, 1.82) is 0 Å². The van der Waals surface area contributed by atoms with E-state index in [2.05, 4.69) is 5.32 Å². The van der Waals surface area contributed by atoms with Crippen molar-refractivity contribution >= 4 is 5.91 Å². The molecular formula is C11H19NO2. The summed E-state index contributed by atoms with van der Waals surface area (Å²) in [6.45, 7) is 0.798. The van der Waals surface area contributed by atoms with E-state index < -0.39 is 0 Å². The molecule has 14 heavy (non-hydrogen) atoms. The van der Waals surface area contributed by atoms with E-state index in [0.717, 1.165) is 32.2 Å². The van der Waals surface area contributed by atoms with Crippen LogP contribution in [0.5, 0.6) is 0 Å². The van der Waals surface area contributed by atoms with Gasteiger partial charge < -0.3 is 10.4 Å². The Kier molecular flexibility index (Phi) is 3.06. The van der Waals surface area contributed by atoms with Crippen LogP contribution in [0.1, 0.15) is 38.5 Å². The minimum atomic E-state index is -0.244. The van der Waals surface area contributed by atoms with Gasteiger partial charge in [-0.1, -0.05) is 19.3 Å². The van der Waals surface area contributed by atoms with Crippen LogP contribution in [-0.4, -0.2) is 23.7 Å². The fourth-order valence-electron chi connectivity index (χ4n) is 2.81. The summed E-state index contributed by atoms with van der Waals surface area (Å²) in [5.41, 5.74) is 0. The van der Waals surface area contributed by atoms with E-state index in [1.807, 2.05) is 0 Å². The summed E-state index contributed by atoms with van der Waals surface area (Å²) in [6, 6.07) is 0. The van der Waals surface area contributed by atoms with E-state index in [9.17, 15) is 9.90 Å². The first kappa shape index (κ1) is 9.97. The number of aliphatic hydroxyl groups is 1. The fraction of sp³-hybridized carbons (Fsp3) is 0.909. The third kappa shape index (κ3) is 1.92. The Bertz CT molecular complexity index is 217. The maximum atomic E-state index is 11.5. The number of nitrogens with one attached hydrogen (secondary N) is 1. The molecule has 1 amide bonds. The van der Waals surface area contributed by atoms with Crippen LogP contribution in [-0.2, 0) is 4.79 Å². The molecule has 0 bridgehead atoms. The van der Waals surface area contributed by atoms with Crippen molar-refractivity contribution in [1.82, 2.24) is 5.32 Å². The molecule has 0 aromatic carbocycles. The molecule has 2 N–H and O–H groups in total. The fourth-order valence-corrected chi connectivity index (χ4v) is 2.81. The van der Waals surface area contributed by atoms with Gasteiger partial charge in [0.15, 0.2) is 0 Å². The first-order chi connectivity index (χ1) is 6.79. The highest BCUT2D eigenvalue weighted by Crippen LogP contribution is 2.32. The molecule has 3 heteroatoms. The van der Waals surface area contributed by atoms with Crippen LogP contribution in [0.3, 0.4) is 0 Å². The molecule has 1 aliphatic carbocycles. The van der Waals surface area contributed by atoms with Crippen LogP contribution < -0.4 is 5.32 Å². The third-order valence-corrected chi connectivity index (χ3v) is 3.64. The Morgan fingerprint density at radius 2 is 1.93 bits per heavy atom. The van der Waals surface area contributed by atoms with Gasteiger partial charge in [-0.15, -0.1) is 0 Å². The maximum Gasteiger partial charge on any atom is 0.223 e. The molecule has 0 aromatic heterocycles. The van der Waals surface area contributed by atoms with Crippen molar-refractivity contribution in [2.75, 3.05) is 6.54 Å². The first-order valence-corrected chi connectivity index (χ1v) is 5.75. The summed E-state index contributed by atoms with van der Waals surface area (Å²) in [7, 11) is 0. The molecule has 2 aliphatic rings. The Morgan fingerprint density at radius 1 is 1.14 bits per heavy atom. The van der Waals surface area contributed by atoms with Crippen LogP contribution in [0, 0.1) is 11.8 Å². The maximum absolute atomic E-state index is 11.5. The first-order valence-electron chi connectivity index (χ1n) is 5.75. The molecule has 0 radical (unpaired) electrons. The molecule has 3 atom stereocenters. The van der Waals surface area contributed by atoms with Crippen LogP contribution in [0.2, 0.25) is 0 Å². The summed E-state index contributed by atoms with van der Waals surface area (Å²) in [6.07, 6.45) is 6.08. The zero-order valence-electron chi connectivity index (χ0n) is 8.54. The second-order valence-electron chi connectivity index (χ2n) is 4.56. The number of carbonyl (C=O) groups is 1. The summed E-state index contributed by atoms with van der Waals surface area (Å²) < 4.78 is 0. The van der Waals surface area contributed by atoms with E-state index in [1.54, 1.807) is 0 Å². The molecule has 1 aliphatic heterocycles. The lowest BCUT2D eigenvalue weighted by atomic mass is 9.83. The number of hydrogen-bond acceptors (Lipinski definition) is 2. The largest absolute Gasteiger partial charge is 0.393 e.